The van der Waals surface area contributed by atoms with Crippen LogP contribution >= 0.6 is 0 Å². The largest absolute Gasteiger partial charge is 0.497 e. The number of likely N-dealkylation sites (tertiary alicyclic amines) is 1. The summed E-state index contributed by atoms with van der Waals surface area (Å²) in [5.74, 6) is 0.156. The Labute approximate surface area is 153 Å². The number of carboxylic acids is 1. The van der Waals surface area contributed by atoms with Crippen LogP contribution in [-0.2, 0) is 6.54 Å². The number of aliphatic hydroxyl groups excluding tert-OH is 1. The molecule has 0 bridgehead atoms. The molecule has 1 aliphatic rings. The summed E-state index contributed by atoms with van der Waals surface area (Å²) in [5.41, 5.74) is 2.37. The van der Waals surface area contributed by atoms with Crippen molar-refractivity contribution in [3.63, 3.8) is 0 Å². The normalized spacial score (nSPS) is 17.0. The second-order valence-electron chi connectivity index (χ2n) is 6.83. The van der Waals surface area contributed by atoms with Crippen molar-refractivity contribution in [2.24, 2.45) is 5.92 Å². The zero-order chi connectivity index (χ0) is 18.5. The molecule has 1 unspecified atom stereocenters. The van der Waals surface area contributed by atoms with Crippen molar-refractivity contribution in [2.75, 3.05) is 20.2 Å². The molecule has 0 spiro atoms. The highest BCUT2D eigenvalue weighted by Crippen LogP contribution is 2.31. The summed E-state index contributed by atoms with van der Waals surface area (Å²) in [6.07, 6.45) is 1.44. The van der Waals surface area contributed by atoms with E-state index in [0.29, 0.717) is 5.56 Å². The molecule has 0 saturated carbocycles. The highest BCUT2D eigenvalue weighted by molar-refractivity contribution is 5.87. The van der Waals surface area contributed by atoms with E-state index in [2.05, 4.69) is 4.90 Å². The minimum Gasteiger partial charge on any atom is -0.497 e. The van der Waals surface area contributed by atoms with Gasteiger partial charge in [-0.25, -0.2) is 4.79 Å². The molecule has 2 N–H and O–H groups in total. The summed E-state index contributed by atoms with van der Waals surface area (Å²) in [6, 6.07) is 14.7. The lowest BCUT2D eigenvalue weighted by molar-refractivity contribution is 0.0567. The van der Waals surface area contributed by atoms with Crippen LogP contribution in [0, 0.1) is 5.92 Å². The summed E-state index contributed by atoms with van der Waals surface area (Å²) in [5, 5.41) is 19.6. The van der Waals surface area contributed by atoms with Crippen molar-refractivity contribution in [3.05, 3.63) is 65.2 Å². The fourth-order valence-corrected chi connectivity index (χ4v) is 3.51. The van der Waals surface area contributed by atoms with Gasteiger partial charge in [0, 0.05) is 6.54 Å². The molecule has 5 nitrogen and oxygen atoms in total. The second-order valence-corrected chi connectivity index (χ2v) is 6.83. The zero-order valence-corrected chi connectivity index (χ0v) is 15.0. The Morgan fingerprint density at radius 3 is 2.27 bits per heavy atom. The molecule has 26 heavy (non-hydrogen) atoms. The number of benzene rings is 2. The van der Waals surface area contributed by atoms with Gasteiger partial charge in [-0.15, -0.1) is 0 Å². The molecule has 1 heterocycles. The van der Waals surface area contributed by atoms with Crippen LogP contribution in [0.25, 0.3) is 0 Å². The summed E-state index contributed by atoms with van der Waals surface area (Å²) >= 11 is 0. The first-order chi connectivity index (χ1) is 12.6. The Kier molecular flexibility index (Phi) is 5.91. The molecule has 0 aliphatic carbocycles. The van der Waals surface area contributed by atoms with Crippen molar-refractivity contribution in [2.45, 2.75) is 25.5 Å². The summed E-state index contributed by atoms with van der Waals surface area (Å²) in [4.78, 5) is 13.3. The fraction of sp³-hybridized carbons (Fsp3) is 0.381. The topological polar surface area (TPSA) is 70.0 Å². The lowest BCUT2D eigenvalue weighted by Gasteiger charge is -2.34. The zero-order valence-electron chi connectivity index (χ0n) is 15.0. The Morgan fingerprint density at radius 2 is 1.73 bits per heavy atom. The van der Waals surface area contributed by atoms with Crippen molar-refractivity contribution in [3.8, 4) is 5.75 Å². The molecular formula is C21H25NO4. The van der Waals surface area contributed by atoms with Crippen molar-refractivity contribution in [1.82, 2.24) is 4.90 Å². The van der Waals surface area contributed by atoms with E-state index in [1.54, 1.807) is 19.2 Å². The van der Waals surface area contributed by atoms with Gasteiger partial charge in [-0.05, 0) is 67.2 Å². The van der Waals surface area contributed by atoms with Crippen LogP contribution in [0.2, 0.25) is 0 Å². The van der Waals surface area contributed by atoms with Crippen LogP contribution in [0.1, 0.15) is 40.4 Å². The Morgan fingerprint density at radius 1 is 1.12 bits per heavy atom. The number of carboxylic acid groups (broad SMARTS) is 1. The van der Waals surface area contributed by atoms with Crippen LogP contribution < -0.4 is 4.74 Å². The van der Waals surface area contributed by atoms with E-state index in [0.717, 1.165) is 49.4 Å². The van der Waals surface area contributed by atoms with Crippen LogP contribution in [0.3, 0.4) is 0 Å². The predicted molar refractivity (Wildman–Crippen MR) is 99.4 cm³/mol. The van der Waals surface area contributed by atoms with Gasteiger partial charge in [-0.2, -0.15) is 0 Å². The molecular weight excluding hydrogens is 330 g/mol. The molecule has 1 fully saturated rings. The summed E-state index contributed by atoms with van der Waals surface area (Å²) in [7, 11) is 1.64. The molecule has 0 amide bonds. The number of piperidine rings is 1. The number of carbonyl (C=O) groups is 1. The molecule has 1 atom stereocenters. The third-order valence-electron chi connectivity index (χ3n) is 5.14. The maximum atomic E-state index is 10.9. The Bertz CT molecular complexity index is 719. The van der Waals surface area contributed by atoms with Gasteiger partial charge < -0.3 is 14.9 Å². The minimum atomic E-state index is -0.898. The van der Waals surface area contributed by atoms with Crippen molar-refractivity contribution in [1.29, 1.82) is 0 Å². The Balaban J connectivity index is 1.52. The maximum absolute atomic E-state index is 10.9. The van der Waals surface area contributed by atoms with Crippen molar-refractivity contribution < 1.29 is 19.7 Å². The highest BCUT2D eigenvalue weighted by Gasteiger charge is 2.26. The standard InChI is InChI=1S/C21H25NO4/c1-26-19-8-6-16(7-9-19)20(23)17-10-12-22(13-11-17)14-15-2-4-18(5-3-15)21(24)25/h2-9,17,20,23H,10-14H2,1H3,(H,24,25). The van der Waals surface area contributed by atoms with Gasteiger partial charge in [-0.1, -0.05) is 24.3 Å². The summed E-state index contributed by atoms with van der Waals surface area (Å²) < 4.78 is 5.16. The molecule has 1 saturated heterocycles. The quantitative estimate of drug-likeness (QED) is 0.832. The predicted octanol–water partition coefficient (Wildman–Crippen LogP) is 3.34. The van der Waals surface area contributed by atoms with Gasteiger partial charge in [0.1, 0.15) is 5.75 Å². The van der Waals surface area contributed by atoms with Crippen LogP contribution in [0.5, 0.6) is 5.75 Å². The average molecular weight is 355 g/mol. The first-order valence-electron chi connectivity index (χ1n) is 8.93. The highest BCUT2D eigenvalue weighted by atomic mass is 16.5. The average Bonchev–Trinajstić information content (AvgIpc) is 2.68. The van der Waals surface area contributed by atoms with Gasteiger partial charge >= 0.3 is 5.97 Å². The van der Waals surface area contributed by atoms with Gasteiger partial charge in [-0.3, -0.25) is 4.90 Å². The molecule has 2 aromatic rings. The lowest BCUT2D eigenvalue weighted by atomic mass is 9.87. The van der Waals surface area contributed by atoms with Gasteiger partial charge in [0.25, 0.3) is 0 Å². The number of rotatable bonds is 6. The van der Waals surface area contributed by atoms with E-state index in [1.165, 1.54) is 0 Å². The smallest absolute Gasteiger partial charge is 0.335 e. The maximum Gasteiger partial charge on any atom is 0.335 e. The third kappa shape index (κ3) is 4.42. The number of nitrogens with zero attached hydrogens (tertiary/aromatic N) is 1. The van der Waals surface area contributed by atoms with Gasteiger partial charge in [0.05, 0.1) is 18.8 Å². The Hall–Kier alpha value is -2.37. The molecule has 0 radical (unpaired) electrons. The number of aliphatic hydroxyl groups is 1. The van der Waals surface area contributed by atoms with Gasteiger partial charge in [0.2, 0.25) is 0 Å². The monoisotopic (exact) mass is 355 g/mol. The minimum absolute atomic E-state index is 0.258. The fourth-order valence-electron chi connectivity index (χ4n) is 3.51. The van der Waals surface area contributed by atoms with Crippen molar-refractivity contribution >= 4 is 5.97 Å². The second kappa shape index (κ2) is 8.34. The summed E-state index contributed by atoms with van der Waals surface area (Å²) in [6.45, 7) is 2.67. The SMILES string of the molecule is COc1ccc(C(O)C2CCN(Cc3ccc(C(=O)O)cc3)CC2)cc1. The number of ether oxygens (including phenoxy) is 1. The first-order valence-corrected chi connectivity index (χ1v) is 8.93. The number of hydrogen-bond donors (Lipinski definition) is 2. The van der Waals surface area contributed by atoms with Crippen LogP contribution in [-0.4, -0.2) is 41.3 Å². The van der Waals surface area contributed by atoms with Crippen LogP contribution in [0.4, 0.5) is 0 Å². The number of hydrogen-bond acceptors (Lipinski definition) is 4. The molecule has 3 rings (SSSR count). The van der Waals surface area contributed by atoms with E-state index >= 15 is 0 Å². The molecule has 138 valence electrons. The van der Waals surface area contributed by atoms with E-state index < -0.39 is 12.1 Å². The number of methoxy groups -OCH3 is 1. The first kappa shape index (κ1) is 18.4. The third-order valence-corrected chi connectivity index (χ3v) is 5.14. The van der Waals surface area contributed by atoms with Gasteiger partial charge in [0.15, 0.2) is 0 Å². The molecule has 0 aromatic heterocycles. The van der Waals surface area contributed by atoms with E-state index in [-0.39, 0.29) is 5.92 Å². The lowest BCUT2D eigenvalue weighted by Crippen LogP contribution is -2.35. The molecule has 5 heteroatoms. The van der Waals surface area contributed by atoms with E-state index in [4.69, 9.17) is 9.84 Å². The van der Waals surface area contributed by atoms with E-state index in [1.807, 2.05) is 36.4 Å². The molecule has 2 aromatic carbocycles. The van der Waals surface area contributed by atoms with Crippen LogP contribution in [0.15, 0.2) is 48.5 Å². The number of aromatic carboxylic acids is 1. The van der Waals surface area contributed by atoms with E-state index in [9.17, 15) is 9.90 Å². The molecule has 1 aliphatic heterocycles.